The van der Waals surface area contributed by atoms with Gasteiger partial charge in [0.15, 0.2) is 0 Å². The van der Waals surface area contributed by atoms with Crippen molar-refractivity contribution in [3.63, 3.8) is 0 Å². The van der Waals surface area contributed by atoms with Crippen molar-refractivity contribution in [1.82, 2.24) is 4.90 Å². The molecule has 0 aliphatic carbocycles. The highest BCUT2D eigenvalue weighted by Gasteiger charge is 2.34. The predicted molar refractivity (Wildman–Crippen MR) is 95.7 cm³/mol. The SMILES string of the molecule is COc1ccccc1/C=C1/SC(=O)N(CNc2ccccc2)C1=O. The second-order valence-corrected chi connectivity index (χ2v) is 6.05. The average Bonchev–Trinajstić information content (AvgIpc) is 2.88. The van der Waals surface area contributed by atoms with Crippen molar-refractivity contribution >= 4 is 34.7 Å². The van der Waals surface area contributed by atoms with E-state index in [1.54, 1.807) is 13.2 Å². The smallest absolute Gasteiger partial charge is 0.295 e. The first-order chi connectivity index (χ1) is 11.7. The number of thioether (sulfide) groups is 1. The summed E-state index contributed by atoms with van der Waals surface area (Å²) in [5, 5.41) is 2.79. The van der Waals surface area contributed by atoms with E-state index in [4.69, 9.17) is 4.74 Å². The summed E-state index contributed by atoms with van der Waals surface area (Å²) in [5.74, 6) is 0.353. The summed E-state index contributed by atoms with van der Waals surface area (Å²) in [5.41, 5.74) is 1.62. The van der Waals surface area contributed by atoms with Crippen LogP contribution in [-0.4, -0.2) is 29.8 Å². The minimum Gasteiger partial charge on any atom is -0.496 e. The topological polar surface area (TPSA) is 58.6 Å². The molecule has 0 bridgehead atoms. The fraction of sp³-hybridized carbons (Fsp3) is 0.111. The Hall–Kier alpha value is -2.73. The lowest BCUT2D eigenvalue weighted by atomic mass is 10.2. The monoisotopic (exact) mass is 340 g/mol. The number of rotatable bonds is 5. The molecule has 2 amide bonds. The van der Waals surface area contributed by atoms with Crippen molar-refractivity contribution < 1.29 is 14.3 Å². The maximum absolute atomic E-state index is 12.5. The number of amides is 2. The zero-order valence-electron chi connectivity index (χ0n) is 13.1. The Bertz CT molecular complexity index is 790. The van der Waals surface area contributed by atoms with Crippen LogP contribution in [0.15, 0.2) is 59.5 Å². The van der Waals surface area contributed by atoms with Crippen LogP contribution in [0.3, 0.4) is 0 Å². The molecule has 6 heteroatoms. The number of anilines is 1. The second kappa shape index (κ2) is 7.23. The maximum Gasteiger partial charge on any atom is 0.295 e. The molecule has 1 saturated heterocycles. The molecule has 0 spiro atoms. The highest BCUT2D eigenvalue weighted by molar-refractivity contribution is 8.18. The van der Waals surface area contributed by atoms with E-state index >= 15 is 0 Å². The number of ether oxygens (including phenoxy) is 1. The van der Waals surface area contributed by atoms with E-state index in [1.807, 2.05) is 54.6 Å². The summed E-state index contributed by atoms with van der Waals surface area (Å²) in [4.78, 5) is 26.2. The van der Waals surface area contributed by atoms with Gasteiger partial charge in [0.05, 0.1) is 18.7 Å². The average molecular weight is 340 g/mol. The Morgan fingerprint density at radius 3 is 2.54 bits per heavy atom. The van der Waals surface area contributed by atoms with Crippen molar-refractivity contribution in [3.8, 4) is 5.75 Å². The molecular formula is C18H16N2O3S. The van der Waals surface area contributed by atoms with E-state index in [9.17, 15) is 9.59 Å². The van der Waals surface area contributed by atoms with Crippen LogP contribution in [0.5, 0.6) is 5.75 Å². The van der Waals surface area contributed by atoms with Gasteiger partial charge in [-0.15, -0.1) is 0 Å². The molecule has 0 saturated carbocycles. The van der Waals surface area contributed by atoms with Crippen molar-refractivity contribution in [1.29, 1.82) is 0 Å². The largest absolute Gasteiger partial charge is 0.496 e. The molecular weight excluding hydrogens is 324 g/mol. The first kappa shape index (κ1) is 16.1. The van der Waals surface area contributed by atoms with Crippen LogP contribution in [0.1, 0.15) is 5.56 Å². The number of imide groups is 1. The quantitative estimate of drug-likeness (QED) is 0.839. The van der Waals surface area contributed by atoms with E-state index < -0.39 is 0 Å². The zero-order chi connectivity index (χ0) is 16.9. The molecule has 0 aromatic heterocycles. The van der Waals surface area contributed by atoms with Gasteiger partial charge in [-0.2, -0.15) is 0 Å². The van der Waals surface area contributed by atoms with Gasteiger partial charge in [-0.25, -0.2) is 0 Å². The molecule has 122 valence electrons. The van der Waals surface area contributed by atoms with Crippen molar-refractivity contribution in [2.24, 2.45) is 0 Å². The third-order valence-electron chi connectivity index (χ3n) is 3.51. The number of methoxy groups -OCH3 is 1. The number of hydrogen-bond acceptors (Lipinski definition) is 5. The van der Waals surface area contributed by atoms with Gasteiger partial charge in [0.1, 0.15) is 5.75 Å². The molecule has 1 heterocycles. The molecule has 5 nitrogen and oxygen atoms in total. The van der Waals surface area contributed by atoms with E-state index in [-0.39, 0.29) is 17.8 Å². The minimum atomic E-state index is -0.306. The number of hydrogen-bond donors (Lipinski definition) is 1. The van der Waals surface area contributed by atoms with E-state index in [0.29, 0.717) is 10.7 Å². The fourth-order valence-electron chi connectivity index (χ4n) is 2.29. The molecule has 2 aromatic carbocycles. The maximum atomic E-state index is 12.5. The van der Waals surface area contributed by atoms with Crippen molar-refractivity contribution in [2.75, 3.05) is 19.1 Å². The fourth-order valence-corrected chi connectivity index (χ4v) is 3.12. The first-order valence-corrected chi connectivity index (χ1v) is 8.18. The molecule has 2 aromatic rings. The summed E-state index contributed by atoms with van der Waals surface area (Å²) in [6.07, 6.45) is 1.69. The Balaban J connectivity index is 1.75. The first-order valence-electron chi connectivity index (χ1n) is 7.36. The molecule has 0 atom stereocenters. The lowest BCUT2D eigenvalue weighted by Crippen LogP contribution is -2.33. The number of nitrogens with one attached hydrogen (secondary N) is 1. The van der Waals surface area contributed by atoms with Gasteiger partial charge < -0.3 is 10.1 Å². The van der Waals surface area contributed by atoms with Gasteiger partial charge in [0.2, 0.25) is 0 Å². The molecule has 1 fully saturated rings. The number of nitrogens with zero attached hydrogens (tertiary/aromatic N) is 1. The Kier molecular flexibility index (Phi) is 4.86. The predicted octanol–water partition coefficient (Wildman–Crippen LogP) is 3.80. The van der Waals surface area contributed by atoms with Crippen LogP contribution in [-0.2, 0) is 4.79 Å². The number of carbonyl (C=O) groups excluding carboxylic acids is 2. The van der Waals surface area contributed by atoms with Crippen LogP contribution in [0, 0.1) is 0 Å². The van der Waals surface area contributed by atoms with E-state index in [0.717, 1.165) is 23.0 Å². The van der Waals surface area contributed by atoms with Crippen LogP contribution >= 0.6 is 11.8 Å². The Morgan fingerprint density at radius 1 is 1.08 bits per heavy atom. The van der Waals surface area contributed by atoms with Gasteiger partial charge in [-0.3, -0.25) is 14.5 Å². The van der Waals surface area contributed by atoms with Crippen molar-refractivity contribution in [3.05, 3.63) is 65.1 Å². The third-order valence-corrected chi connectivity index (χ3v) is 4.42. The van der Waals surface area contributed by atoms with Crippen LogP contribution < -0.4 is 10.1 Å². The number of benzene rings is 2. The van der Waals surface area contributed by atoms with Crippen LogP contribution in [0.4, 0.5) is 10.5 Å². The Labute approximate surface area is 144 Å². The van der Waals surface area contributed by atoms with E-state index in [2.05, 4.69) is 5.32 Å². The zero-order valence-corrected chi connectivity index (χ0v) is 13.9. The third kappa shape index (κ3) is 3.44. The molecule has 1 N–H and O–H groups in total. The van der Waals surface area contributed by atoms with Gasteiger partial charge in [-0.05, 0) is 36.0 Å². The van der Waals surface area contributed by atoms with Gasteiger partial charge >= 0.3 is 0 Å². The summed E-state index contributed by atoms with van der Waals surface area (Å²) >= 11 is 0.934. The van der Waals surface area contributed by atoms with Crippen LogP contribution in [0.2, 0.25) is 0 Å². The summed E-state index contributed by atoms with van der Waals surface area (Å²) < 4.78 is 5.27. The standard InChI is InChI=1S/C18H16N2O3S/c1-23-15-10-6-5-7-13(15)11-16-17(21)20(18(22)24-16)12-19-14-8-3-2-4-9-14/h2-11,19H,12H2,1H3/b16-11+. The normalized spacial score (nSPS) is 15.9. The number of carbonyl (C=O) groups is 2. The summed E-state index contributed by atoms with van der Waals surface area (Å²) in [7, 11) is 1.57. The number of para-hydroxylation sites is 2. The molecule has 1 aliphatic heterocycles. The molecule has 24 heavy (non-hydrogen) atoms. The minimum absolute atomic E-state index is 0.137. The van der Waals surface area contributed by atoms with Gasteiger partial charge in [0.25, 0.3) is 11.1 Å². The molecule has 1 aliphatic rings. The summed E-state index contributed by atoms with van der Waals surface area (Å²) in [6.45, 7) is 0.137. The lowest BCUT2D eigenvalue weighted by molar-refractivity contribution is -0.122. The van der Waals surface area contributed by atoms with Gasteiger partial charge in [0, 0.05) is 11.3 Å². The molecule has 0 radical (unpaired) electrons. The van der Waals surface area contributed by atoms with Crippen LogP contribution in [0.25, 0.3) is 6.08 Å². The van der Waals surface area contributed by atoms with E-state index in [1.165, 1.54) is 4.90 Å². The molecule has 0 unspecified atom stereocenters. The Morgan fingerprint density at radius 2 is 1.79 bits per heavy atom. The highest BCUT2D eigenvalue weighted by atomic mass is 32.2. The highest BCUT2D eigenvalue weighted by Crippen LogP contribution is 2.33. The van der Waals surface area contributed by atoms with Crippen molar-refractivity contribution in [2.45, 2.75) is 0 Å². The van der Waals surface area contributed by atoms with Gasteiger partial charge in [-0.1, -0.05) is 36.4 Å². The molecule has 3 rings (SSSR count). The summed E-state index contributed by atoms with van der Waals surface area (Å²) in [6, 6.07) is 16.8. The lowest BCUT2D eigenvalue weighted by Gasteiger charge is -2.14. The second-order valence-electron chi connectivity index (χ2n) is 5.05.